The summed E-state index contributed by atoms with van der Waals surface area (Å²) in [6.07, 6.45) is 1.17. The molecule has 1 aromatic carbocycles. The topological polar surface area (TPSA) is 12.0 Å². The molecule has 1 saturated heterocycles. The van der Waals surface area contributed by atoms with E-state index in [0.717, 1.165) is 28.7 Å². The van der Waals surface area contributed by atoms with Crippen molar-refractivity contribution in [2.24, 2.45) is 0 Å². The fourth-order valence-electron chi connectivity index (χ4n) is 2.44. The maximum absolute atomic E-state index is 14.9. The van der Waals surface area contributed by atoms with Gasteiger partial charge in [0.2, 0.25) is 0 Å². The van der Waals surface area contributed by atoms with Crippen molar-refractivity contribution >= 4 is 21.4 Å². The molecule has 3 heteroatoms. The normalized spacial score (nSPS) is 20.1. The summed E-state index contributed by atoms with van der Waals surface area (Å²) >= 11 is 1.65. The van der Waals surface area contributed by atoms with Gasteiger partial charge in [0.15, 0.2) is 0 Å². The summed E-state index contributed by atoms with van der Waals surface area (Å²) in [4.78, 5) is 0. The molecule has 1 aliphatic heterocycles. The number of alkyl halides is 1. The van der Waals surface area contributed by atoms with E-state index in [-0.39, 0.29) is 0 Å². The van der Waals surface area contributed by atoms with Crippen molar-refractivity contribution in [1.29, 1.82) is 0 Å². The summed E-state index contributed by atoms with van der Waals surface area (Å²) < 4.78 is 16.0. The van der Waals surface area contributed by atoms with Crippen LogP contribution in [0, 0.1) is 0 Å². The van der Waals surface area contributed by atoms with Gasteiger partial charge in [-0.3, -0.25) is 0 Å². The molecule has 0 radical (unpaired) electrons. The Labute approximate surface area is 98.3 Å². The van der Waals surface area contributed by atoms with E-state index in [0.29, 0.717) is 12.8 Å². The van der Waals surface area contributed by atoms with Crippen molar-refractivity contribution in [1.82, 2.24) is 5.32 Å². The largest absolute Gasteiger partial charge is 0.316 e. The van der Waals surface area contributed by atoms with Gasteiger partial charge >= 0.3 is 0 Å². The number of hydrogen-bond donors (Lipinski definition) is 1. The molecular weight excluding hydrogens is 221 g/mol. The van der Waals surface area contributed by atoms with Gasteiger partial charge in [-0.15, -0.1) is 11.3 Å². The molecule has 0 amide bonds. The molecule has 1 aliphatic rings. The SMILES string of the molecule is FC1(c2cccc3ccsc23)CCNCC1. The average molecular weight is 235 g/mol. The molecule has 0 bridgehead atoms. The summed E-state index contributed by atoms with van der Waals surface area (Å²) in [5.74, 6) is 0. The highest BCUT2D eigenvalue weighted by atomic mass is 32.1. The van der Waals surface area contributed by atoms with Gasteiger partial charge in [-0.25, -0.2) is 4.39 Å². The third kappa shape index (κ3) is 1.55. The highest BCUT2D eigenvalue weighted by molar-refractivity contribution is 7.17. The van der Waals surface area contributed by atoms with Crippen LogP contribution >= 0.6 is 11.3 Å². The van der Waals surface area contributed by atoms with Gasteiger partial charge in [0.25, 0.3) is 0 Å². The summed E-state index contributed by atoms with van der Waals surface area (Å²) in [5, 5.41) is 6.42. The van der Waals surface area contributed by atoms with E-state index in [1.807, 2.05) is 17.5 Å². The lowest BCUT2D eigenvalue weighted by atomic mass is 9.86. The van der Waals surface area contributed by atoms with E-state index in [1.54, 1.807) is 11.3 Å². The molecule has 0 saturated carbocycles. The van der Waals surface area contributed by atoms with Crippen LogP contribution in [0.25, 0.3) is 10.1 Å². The Morgan fingerprint density at radius 1 is 1.19 bits per heavy atom. The lowest BCUT2D eigenvalue weighted by molar-refractivity contribution is 0.117. The van der Waals surface area contributed by atoms with Crippen LogP contribution in [0.2, 0.25) is 0 Å². The maximum atomic E-state index is 14.9. The van der Waals surface area contributed by atoms with E-state index in [1.165, 1.54) is 0 Å². The first kappa shape index (κ1) is 10.2. The van der Waals surface area contributed by atoms with Gasteiger partial charge in [0.1, 0.15) is 5.67 Å². The van der Waals surface area contributed by atoms with Crippen LogP contribution in [0.5, 0.6) is 0 Å². The number of halogens is 1. The Kier molecular flexibility index (Phi) is 2.45. The van der Waals surface area contributed by atoms with Gasteiger partial charge in [0, 0.05) is 10.3 Å². The third-order valence-corrected chi connectivity index (χ3v) is 4.32. The molecule has 2 aromatic rings. The zero-order chi connectivity index (χ0) is 11.0. The monoisotopic (exact) mass is 235 g/mol. The molecule has 1 fully saturated rings. The maximum Gasteiger partial charge on any atom is 0.139 e. The smallest absolute Gasteiger partial charge is 0.139 e. The van der Waals surface area contributed by atoms with E-state index in [2.05, 4.69) is 17.4 Å². The third-order valence-electron chi connectivity index (χ3n) is 3.36. The Morgan fingerprint density at radius 3 is 2.81 bits per heavy atom. The van der Waals surface area contributed by atoms with E-state index in [9.17, 15) is 4.39 Å². The number of hydrogen-bond acceptors (Lipinski definition) is 2. The number of fused-ring (bicyclic) bond motifs is 1. The minimum atomic E-state index is -1.13. The van der Waals surface area contributed by atoms with Crippen molar-refractivity contribution in [2.75, 3.05) is 13.1 Å². The van der Waals surface area contributed by atoms with Crippen molar-refractivity contribution in [3.8, 4) is 0 Å². The predicted octanol–water partition coefficient (Wildman–Crippen LogP) is 3.45. The van der Waals surface area contributed by atoms with Gasteiger partial charge in [-0.05, 0) is 42.8 Å². The standard InChI is InChI=1S/C13H14FNS/c14-13(5-7-15-8-6-13)11-3-1-2-10-4-9-16-12(10)11/h1-4,9,15H,5-8H2. The van der Waals surface area contributed by atoms with Gasteiger partial charge in [-0.2, -0.15) is 0 Å². The second-order valence-corrected chi connectivity index (χ2v) is 5.28. The molecule has 84 valence electrons. The van der Waals surface area contributed by atoms with Crippen molar-refractivity contribution in [3.63, 3.8) is 0 Å². The number of nitrogens with one attached hydrogen (secondary N) is 1. The molecule has 2 heterocycles. The lowest BCUT2D eigenvalue weighted by Crippen LogP contribution is -2.36. The van der Waals surface area contributed by atoms with Crippen LogP contribution in [0.3, 0.4) is 0 Å². The molecule has 0 unspecified atom stereocenters. The lowest BCUT2D eigenvalue weighted by Gasteiger charge is -2.30. The van der Waals surface area contributed by atoms with E-state index < -0.39 is 5.67 Å². The first-order chi connectivity index (χ1) is 7.80. The van der Waals surface area contributed by atoms with Gasteiger partial charge in [0.05, 0.1) is 0 Å². The molecular formula is C13H14FNS. The number of piperidine rings is 1. The Balaban J connectivity index is 2.13. The molecule has 1 N–H and O–H groups in total. The summed E-state index contributed by atoms with van der Waals surface area (Å²) in [5.41, 5.74) is -0.239. The summed E-state index contributed by atoms with van der Waals surface area (Å²) in [6, 6.07) is 8.03. The van der Waals surface area contributed by atoms with Gasteiger partial charge < -0.3 is 5.32 Å². The van der Waals surface area contributed by atoms with Crippen LogP contribution < -0.4 is 5.32 Å². The second kappa shape index (κ2) is 3.82. The number of benzene rings is 1. The Morgan fingerprint density at radius 2 is 2.00 bits per heavy atom. The Hall–Kier alpha value is -0.930. The molecule has 0 atom stereocenters. The number of rotatable bonds is 1. The molecule has 1 nitrogen and oxygen atoms in total. The van der Waals surface area contributed by atoms with Crippen molar-refractivity contribution in [3.05, 3.63) is 35.2 Å². The molecule has 1 aromatic heterocycles. The van der Waals surface area contributed by atoms with Crippen LogP contribution in [0.15, 0.2) is 29.6 Å². The van der Waals surface area contributed by atoms with E-state index in [4.69, 9.17) is 0 Å². The first-order valence-electron chi connectivity index (χ1n) is 5.66. The average Bonchev–Trinajstić information content (AvgIpc) is 2.77. The highest BCUT2D eigenvalue weighted by Crippen LogP contribution is 2.40. The highest BCUT2D eigenvalue weighted by Gasteiger charge is 2.35. The summed E-state index contributed by atoms with van der Waals surface area (Å²) in [7, 11) is 0. The van der Waals surface area contributed by atoms with E-state index >= 15 is 0 Å². The first-order valence-corrected chi connectivity index (χ1v) is 6.54. The Bertz CT molecular complexity index is 499. The zero-order valence-corrected chi connectivity index (χ0v) is 9.82. The number of thiophene rings is 1. The summed E-state index contributed by atoms with van der Waals surface area (Å²) in [6.45, 7) is 1.55. The minimum absolute atomic E-state index is 0.587. The van der Waals surface area contributed by atoms with Crippen LogP contribution in [-0.4, -0.2) is 13.1 Å². The van der Waals surface area contributed by atoms with Crippen molar-refractivity contribution in [2.45, 2.75) is 18.5 Å². The molecule has 3 rings (SSSR count). The van der Waals surface area contributed by atoms with Crippen molar-refractivity contribution < 1.29 is 4.39 Å². The minimum Gasteiger partial charge on any atom is -0.316 e. The van der Waals surface area contributed by atoms with Crippen LogP contribution in [0.4, 0.5) is 4.39 Å². The molecule has 16 heavy (non-hydrogen) atoms. The second-order valence-electron chi connectivity index (χ2n) is 4.36. The molecule has 0 aliphatic carbocycles. The van der Waals surface area contributed by atoms with Crippen LogP contribution in [-0.2, 0) is 5.67 Å². The predicted molar refractivity (Wildman–Crippen MR) is 66.7 cm³/mol. The fraction of sp³-hybridized carbons (Fsp3) is 0.385. The zero-order valence-electron chi connectivity index (χ0n) is 9.00. The quantitative estimate of drug-likeness (QED) is 0.798. The van der Waals surface area contributed by atoms with Crippen LogP contribution in [0.1, 0.15) is 18.4 Å². The molecule has 0 spiro atoms. The fourth-order valence-corrected chi connectivity index (χ4v) is 3.44. The van der Waals surface area contributed by atoms with Gasteiger partial charge in [-0.1, -0.05) is 18.2 Å².